The van der Waals surface area contributed by atoms with Crippen LogP contribution in [0.25, 0.3) is 0 Å². The van der Waals surface area contributed by atoms with Gasteiger partial charge in [0.1, 0.15) is 23.2 Å². The highest BCUT2D eigenvalue weighted by Crippen LogP contribution is 2.27. The summed E-state index contributed by atoms with van der Waals surface area (Å²) in [5.74, 6) is 1.38. The Bertz CT molecular complexity index is 1090. The smallest absolute Gasteiger partial charge is 0.191 e. The Morgan fingerprint density at radius 3 is 2.75 bits per heavy atom. The Labute approximate surface area is 201 Å². The zero-order chi connectivity index (χ0) is 23.1. The highest BCUT2D eigenvalue weighted by Gasteiger charge is 2.14. The molecular formula is C23H24Cl2FN3O2S. The van der Waals surface area contributed by atoms with Gasteiger partial charge in [0.05, 0.1) is 17.4 Å². The van der Waals surface area contributed by atoms with Crippen molar-refractivity contribution in [3.05, 3.63) is 69.2 Å². The average molecular weight is 496 g/mol. The largest absolute Gasteiger partial charge is 0.492 e. The first kappa shape index (κ1) is 24.6. The first-order valence-electron chi connectivity index (χ1n) is 10.3. The topological polar surface area (TPSA) is 57.0 Å². The van der Waals surface area contributed by atoms with Crippen LogP contribution in [0.5, 0.6) is 5.75 Å². The van der Waals surface area contributed by atoms with Gasteiger partial charge < -0.3 is 9.30 Å². The van der Waals surface area contributed by atoms with E-state index in [9.17, 15) is 9.18 Å². The van der Waals surface area contributed by atoms with E-state index in [0.29, 0.717) is 46.1 Å². The fourth-order valence-corrected chi connectivity index (χ4v) is 4.52. The van der Waals surface area contributed by atoms with Gasteiger partial charge in [-0.25, -0.2) is 4.39 Å². The number of carbonyl (C=O) groups is 1. The molecule has 0 saturated heterocycles. The van der Waals surface area contributed by atoms with Crippen LogP contribution in [0.4, 0.5) is 4.39 Å². The number of ether oxygens (including phenoxy) is 1. The van der Waals surface area contributed by atoms with Gasteiger partial charge in [0.2, 0.25) is 0 Å². The quantitative estimate of drug-likeness (QED) is 0.242. The summed E-state index contributed by atoms with van der Waals surface area (Å²) in [5, 5.41) is 10.3. The second kappa shape index (κ2) is 11.7. The Kier molecular flexibility index (Phi) is 8.96. The molecule has 0 fully saturated rings. The van der Waals surface area contributed by atoms with Gasteiger partial charge in [-0.3, -0.25) is 4.79 Å². The van der Waals surface area contributed by atoms with Gasteiger partial charge in [-0.1, -0.05) is 41.0 Å². The second-order valence-corrected chi connectivity index (χ2v) is 9.03. The molecule has 3 rings (SSSR count). The van der Waals surface area contributed by atoms with Gasteiger partial charge in [0.15, 0.2) is 5.16 Å². The summed E-state index contributed by atoms with van der Waals surface area (Å²) in [6.45, 7) is 5.07. The van der Waals surface area contributed by atoms with Gasteiger partial charge in [0, 0.05) is 24.4 Å². The van der Waals surface area contributed by atoms with Crippen LogP contribution in [0.1, 0.15) is 30.3 Å². The van der Waals surface area contributed by atoms with Gasteiger partial charge >= 0.3 is 0 Å². The van der Waals surface area contributed by atoms with Crippen molar-refractivity contribution in [2.45, 2.75) is 44.8 Å². The Balaban J connectivity index is 1.50. The number of carbonyl (C=O) groups excluding carboxylic acids is 1. The molecule has 5 nitrogen and oxygen atoms in total. The first-order chi connectivity index (χ1) is 15.4. The van der Waals surface area contributed by atoms with Crippen molar-refractivity contribution < 1.29 is 13.9 Å². The van der Waals surface area contributed by atoms with E-state index in [0.717, 1.165) is 17.8 Å². The highest BCUT2D eigenvalue weighted by molar-refractivity contribution is 7.99. The zero-order valence-corrected chi connectivity index (χ0v) is 20.2. The molecule has 32 heavy (non-hydrogen) atoms. The van der Waals surface area contributed by atoms with E-state index in [1.54, 1.807) is 24.3 Å². The number of rotatable bonds is 11. The number of aryl methyl sites for hydroxylation is 2. The maximum absolute atomic E-state index is 13.5. The summed E-state index contributed by atoms with van der Waals surface area (Å²) in [6.07, 6.45) is 1.62. The van der Waals surface area contributed by atoms with Crippen LogP contribution in [0.3, 0.4) is 0 Å². The van der Waals surface area contributed by atoms with E-state index in [1.807, 2.05) is 18.4 Å². The van der Waals surface area contributed by atoms with Gasteiger partial charge in [0.25, 0.3) is 0 Å². The third-order valence-corrected chi connectivity index (χ3v) is 6.42. The summed E-state index contributed by atoms with van der Waals surface area (Å²) < 4.78 is 21.2. The van der Waals surface area contributed by atoms with Crippen LogP contribution in [0.2, 0.25) is 10.0 Å². The summed E-state index contributed by atoms with van der Waals surface area (Å²) in [6, 6.07) is 9.64. The summed E-state index contributed by atoms with van der Waals surface area (Å²) in [4.78, 5) is 12.4. The molecule has 0 aliphatic rings. The van der Waals surface area contributed by atoms with Crippen molar-refractivity contribution in [2.75, 3.05) is 12.4 Å². The van der Waals surface area contributed by atoms with Crippen LogP contribution in [0, 0.1) is 12.7 Å². The van der Waals surface area contributed by atoms with E-state index in [4.69, 9.17) is 27.9 Å². The molecule has 0 spiro atoms. The van der Waals surface area contributed by atoms with E-state index in [-0.39, 0.29) is 23.8 Å². The van der Waals surface area contributed by atoms with E-state index in [2.05, 4.69) is 10.2 Å². The number of thioether (sulfide) groups is 1. The molecule has 0 saturated carbocycles. The van der Waals surface area contributed by atoms with Crippen LogP contribution < -0.4 is 4.74 Å². The summed E-state index contributed by atoms with van der Waals surface area (Å²) >= 11 is 13.4. The molecule has 0 atom stereocenters. The molecule has 0 unspecified atom stereocenters. The minimum atomic E-state index is -0.330. The lowest BCUT2D eigenvalue weighted by Crippen LogP contribution is -2.09. The fraction of sp³-hybridized carbons (Fsp3) is 0.348. The molecule has 1 aromatic heterocycles. The Morgan fingerprint density at radius 1 is 1.19 bits per heavy atom. The highest BCUT2D eigenvalue weighted by atomic mass is 35.5. The summed E-state index contributed by atoms with van der Waals surface area (Å²) in [5.41, 5.74) is 1.62. The van der Waals surface area contributed by atoms with E-state index in [1.165, 1.54) is 23.9 Å². The van der Waals surface area contributed by atoms with E-state index >= 15 is 0 Å². The third kappa shape index (κ3) is 6.70. The third-order valence-electron chi connectivity index (χ3n) is 4.87. The number of hydrogen-bond donors (Lipinski definition) is 0. The Morgan fingerprint density at radius 2 is 2.00 bits per heavy atom. The van der Waals surface area contributed by atoms with Crippen molar-refractivity contribution >= 4 is 40.7 Å². The first-order valence-corrected chi connectivity index (χ1v) is 12.0. The molecule has 0 bridgehead atoms. The van der Waals surface area contributed by atoms with Crippen LogP contribution in [0.15, 0.2) is 41.6 Å². The average Bonchev–Trinajstić information content (AvgIpc) is 3.15. The Hall–Kier alpha value is -2.09. The number of halogens is 3. The molecule has 2 aromatic carbocycles. The van der Waals surface area contributed by atoms with E-state index < -0.39 is 0 Å². The van der Waals surface area contributed by atoms with Gasteiger partial charge in [-0.05, 0) is 61.7 Å². The minimum absolute atomic E-state index is 0.0177. The lowest BCUT2D eigenvalue weighted by molar-refractivity contribution is -0.116. The minimum Gasteiger partial charge on any atom is -0.492 e. The van der Waals surface area contributed by atoms with Crippen LogP contribution >= 0.6 is 35.0 Å². The van der Waals surface area contributed by atoms with Crippen LogP contribution in [-0.2, 0) is 24.2 Å². The number of benzene rings is 2. The molecule has 0 aliphatic heterocycles. The molecule has 0 radical (unpaired) electrons. The monoisotopic (exact) mass is 495 g/mol. The number of ketones is 1. The predicted molar refractivity (Wildman–Crippen MR) is 127 cm³/mol. The fourth-order valence-electron chi connectivity index (χ4n) is 3.17. The van der Waals surface area contributed by atoms with Crippen molar-refractivity contribution in [1.29, 1.82) is 0 Å². The predicted octanol–water partition coefficient (Wildman–Crippen LogP) is 5.97. The lowest BCUT2D eigenvalue weighted by Gasteiger charge is -2.09. The maximum Gasteiger partial charge on any atom is 0.191 e. The SMILES string of the molecule is CCn1c(CCCOc2ccc(Cl)cc2Cl)nnc1SCC(=O)Cc1cc(F)ccc1C. The molecule has 0 N–H and O–H groups in total. The molecule has 3 aromatic rings. The number of hydrogen-bond acceptors (Lipinski definition) is 5. The van der Waals surface area contributed by atoms with Crippen molar-refractivity contribution in [3.63, 3.8) is 0 Å². The number of nitrogens with zero attached hydrogens (tertiary/aromatic N) is 3. The standard InChI is InChI=1S/C23H24Cl2FN3O2S/c1-3-29-22(5-4-10-31-21-9-7-17(24)13-20(21)25)27-28-23(29)32-14-19(30)12-16-11-18(26)8-6-15(16)2/h6-9,11,13H,3-5,10,12,14H2,1-2H3. The zero-order valence-electron chi connectivity index (χ0n) is 17.9. The molecule has 9 heteroatoms. The molecule has 170 valence electrons. The molecule has 1 heterocycles. The normalized spacial score (nSPS) is 11.0. The van der Waals surface area contributed by atoms with Crippen molar-refractivity contribution in [1.82, 2.24) is 14.8 Å². The van der Waals surface area contributed by atoms with Crippen LogP contribution in [-0.4, -0.2) is 32.9 Å². The summed E-state index contributed by atoms with van der Waals surface area (Å²) in [7, 11) is 0. The number of Topliss-reactive ketones (excluding diaryl/α,β-unsaturated/α-hetero) is 1. The van der Waals surface area contributed by atoms with Gasteiger partial charge in [-0.15, -0.1) is 10.2 Å². The molecule has 0 amide bonds. The van der Waals surface area contributed by atoms with Gasteiger partial charge in [-0.2, -0.15) is 0 Å². The molecule has 0 aliphatic carbocycles. The lowest BCUT2D eigenvalue weighted by atomic mass is 10.0. The second-order valence-electron chi connectivity index (χ2n) is 7.24. The van der Waals surface area contributed by atoms with Crippen molar-refractivity contribution in [3.8, 4) is 5.75 Å². The maximum atomic E-state index is 13.5. The van der Waals surface area contributed by atoms with Crippen molar-refractivity contribution in [2.24, 2.45) is 0 Å². The number of aromatic nitrogens is 3. The molecular weight excluding hydrogens is 472 g/mol.